The zero-order valence-electron chi connectivity index (χ0n) is 7.84. The van der Waals surface area contributed by atoms with Crippen LogP contribution in [0.1, 0.15) is 24.5 Å². The summed E-state index contributed by atoms with van der Waals surface area (Å²) in [5.74, 6) is 1.14. The van der Waals surface area contributed by atoms with Crippen LogP contribution in [0.3, 0.4) is 0 Å². The summed E-state index contributed by atoms with van der Waals surface area (Å²) in [7, 11) is 0. The Hall–Kier alpha value is -1.03. The molecule has 1 fully saturated rings. The molecule has 1 aliphatic rings. The largest absolute Gasteiger partial charge is 0.443 e. The van der Waals surface area contributed by atoms with Crippen LogP contribution in [0, 0.1) is 6.92 Å². The number of nitrogens with zero attached hydrogens (tertiary/aromatic N) is 1. The number of aromatic nitrogens is 1. The lowest BCUT2D eigenvalue weighted by molar-refractivity contribution is -0.119. The van der Waals surface area contributed by atoms with E-state index in [1.54, 1.807) is 6.20 Å². The maximum absolute atomic E-state index is 11.1. The quantitative estimate of drug-likeness (QED) is 0.773. The number of alkyl halides is 1. The zero-order valence-corrected chi connectivity index (χ0v) is 8.60. The molecule has 1 aliphatic carbocycles. The number of carbonyl (C=O) groups is 1. The normalized spacial score (nSPS) is 17.9. The molecule has 5 heteroatoms. The molecule has 0 aromatic carbocycles. The molecule has 0 saturated heterocycles. The predicted octanol–water partition coefficient (Wildman–Crippen LogP) is 1.33. The number of nitrogens with one attached hydrogen (secondary N) is 1. The second kappa shape index (κ2) is 3.28. The molecule has 2 rings (SSSR count). The van der Waals surface area contributed by atoms with Gasteiger partial charge in [-0.15, -0.1) is 11.6 Å². The van der Waals surface area contributed by atoms with Gasteiger partial charge in [0.1, 0.15) is 17.2 Å². The second-order valence-electron chi connectivity index (χ2n) is 3.54. The van der Waals surface area contributed by atoms with E-state index in [4.69, 9.17) is 16.0 Å². The van der Waals surface area contributed by atoms with Crippen molar-refractivity contribution in [3.8, 4) is 0 Å². The third-order valence-electron chi connectivity index (χ3n) is 2.28. The van der Waals surface area contributed by atoms with Crippen LogP contribution in [-0.2, 0) is 10.3 Å². The molecule has 1 N–H and O–H groups in total. The summed E-state index contributed by atoms with van der Waals surface area (Å²) in [6.07, 6.45) is 3.40. The van der Waals surface area contributed by atoms with Gasteiger partial charge < -0.3 is 9.73 Å². The standard InChI is InChI=1S/C9H11ClN2O2/c1-6-5-11-8(14-6)9(2-3-9)12-7(13)4-10/h5H,2-4H2,1H3,(H,12,13). The smallest absolute Gasteiger partial charge is 0.235 e. The molecule has 0 aliphatic heterocycles. The maximum atomic E-state index is 11.1. The van der Waals surface area contributed by atoms with E-state index >= 15 is 0 Å². The SMILES string of the molecule is Cc1cnc(C2(NC(=O)CCl)CC2)o1. The Bertz CT molecular complexity index is 357. The molecular weight excluding hydrogens is 204 g/mol. The average molecular weight is 215 g/mol. The van der Waals surface area contributed by atoms with Gasteiger partial charge in [-0.1, -0.05) is 0 Å². The molecule has 1 saturated carbocycles. The topological polar surface area (TPSA) is 55.1 Å². The highest BCUT2D eigenvalue weighted by molar-refractivity contribution is 6.27. The van der Waals surface area contributed by atoms with Crippen molar-refractivity contribution in [1.29, 1.82) is 0 Å². The van der Waals surface area contributed by atoms with E-state index < -0.39 is 0 Å². The number of hydrogen-bond donors (Lipinski definition) is 1. The number of halogens is 1. The first kappa shape index (κ1) is 9.52. The minimum absolute atomic E-state index is 0.0263. The molecule has 0 radical (unpaired) electrons. The number of hydrogen-bond acceptors (Lipinski definition) is 3. The highest BCUT2D eigenvalue weighted by Crippen LogP contribution is 2.44. The monoisotopic (exact) mass is 214 g/mol. The van der Waals surface area contributed by atoms with Gasteiger partial charge in [0.2, 0.25) is 11.8 Å². The number of aryl methyl sites for hydroxylation is 1. The van der Waals surface area contributed by atoms with Gasteiger partial charge in [0, 0.05) is 0 Å². The van der Waals surface area contributed by atoms with Crippen LogP contribution in [0.4, 0.5) is 0 Å². The van der Waals surface area contributed by atoms with E-state index in [1.807, 2.05) is 6.92 Å². The van der Waals surface area contributed by atoms with Gasteiger partial charge in [-0.05, 0) is 19.8 Å². The Kier molecular flexibility index (Phi) is 2.23. The van der Waals surface area contributed by atoms with E-state index in [0.29, 0.717) is 5.89 Å². The van der Waals surface area contributed by atoms with Crippen LogP contribution in [0.5, 0.6) is 0 Å². The first-order valence-electron chi connectivity index (χ1n) is 4.46. The van der Waals surface area contributed by atoms with Crippen LogP contribution in [0.2, 0.25) is 0 Å². The van der Waals surface area contributed by atoms with Crippen LogP contribution in [-0.4, -0.2) is 16.8 Å². The highest BCUT2D eigenvalue weighted by atomic mass is 35.5. The zero-order chi connectivity index (χ0) is 10.2. The van der Waals surface area contributed by atoms with E-state index in [2.05, 4.69) is 10.3 Å². The fourth-order valence-corrected chi connectivity index (χ4v) is 1.46. The average Bonchev–Trinajstić information content (AvgIpc) is 2.81. The van der Waals surface area contributed by atoms with Crippen LogP contribution in [0.25, 0.3) is 0 Å². The van der Waals surface area contributed by atoms with Crippen LogP contribution < -0.4 is 5.32 Å². The first-order chi connectivity index (χ1) is 6.66. The Morgan fingerprint density at radius 3 is 2.93 bits per heavy atom. The lowest BCUT2D eigenvalue weighted by Gasteiger charge is -2.12. The number of carbonyl (C=O) groups excluding carboxylic acids is 1. The first-order valence-corrected chi connectivity index (χ1v) is 5.00. The van der Waals surface area contributed by atoms with Crippen molar-refractivity contribution in [3.05, 3.63) is 17.8 Å². The van der Waals surface area contributed by atoms with E-state index in [-0.39, 0.29) is 17.3 Å². The minimum Gasteiger partial charge on any atom is -0.443 e. The Morgan fingerprint density at radius 2 is 2.50 bits per heavy atom. The van der Waals surface area contributed by atoms with Crippen LogP contribution in [0.15, 0.2) is 10.6 Å². The second-order valence-corrected chi connectivity index (χ2v) is 3.81. The van der Waals surface area contributed by atoms with E-state index in [0.717, 1.165) is 18.6 Å². The van der Waals surface area contributed by atoms with Crippen molar-refractivity contribution in [3.63, 3.8) is 0 Å². The fraction of sp³-hybridized carbons (Fsp3) is 0.556. The highest BCUT2D eigenvalue weighted by Gasteiger charge is 2.49. The fourth-order valence-electron chi connectivity index (χ4n) is 1.39. The van der Waals surface area contributed by atoms with Crippen molar-refractivity contribution in [2.75, 3.05) is 5.88 Å². The number of rotatable bonds is 3. The third-order valence-corrected chi connectivity index (χ3v) is 2.52. The van der Waals surface area contributed by atoms with Gasteiger partial charge in [0.05, 0.1) is 6.20 Å². The van der Waals surface area contributed by atoms with Crippen molar-refractivity contribution >= 4 is 17.5 Å². The van der Waals surface area contributed by atoms with Crippen LogP contribution >= 0.6 is 11.6 Å². The predicted molar refractivity (Wildman–Crippen MR) is 51.0 cm³/mol. The molecule has 4 nitrogen and oxygen atoms in total. The molecule has 76 valence electrons. The summed E-state index contributed by atoms with van der Waals surface area (Å²) >= 11 is 5.42. The molecule has 0 bridgehead atoms. The lowest BCUT2D eigenvalue weighted by atomic mass is 10.2. The van der Waals surface area contributed by atoms with Crippen molar-refractivity contribution in [1.82, 2.24) is 10.3 Å². The summed E-state index contributed by atoms with van der Waals surface area (Å²) in [5.41, 5.74) is -0.375. The van der Waals surface area contributed by atoms with Gasteiger partial charge in [-0.3, -0.25) is 4.79 Å². The summed E-state index contributed by atoms with van der Waals surface area (Å²) in [5, 5.41) is 2.82. The molecule has 1 aromatic rings. The minimum atomic E-state index is -0.375. The molecule has 1 aromatic heterocycles. The summed E-state index contributed by atoms with van der Waals surface area (Å²) in [6.45, 7) is 1.83. The van der Waals surface area contributed by atoms with Crippen molar-refractivity contribution < 1.29 is 9.21 Å². The Morgan fingerprint density at radius 1 is 1.79 bits per heavy atom. The van der Waals surface area contributed by atoms with Gasteiger partial charge in [-0.2, -0.15) is 0 Å². The van der Waals surface area contributed by atoms with Gasteiger partial charge in [-0.25, -0.2) is 4.98 Å². The van der Waals surface area contributed by atoms with E-state index in [1.165, 1.54) is 0 Å². The van der Waals surface area contributed by atoms with Crippen molar-refractivity contribution in [2.24, 2.45) is 0 Å². The van der Waals surface area contributed by atoms with Gasteiger partial charge in [0.25, 0.3) is 0 Å². The molecule has 0 atom stereocenters. The molecule has 0 unspecified atom stereocenters. The molecule has 1 amide bonds. The molecule has 0 spiro atoms. The molecule has 14 heavy (non-hydrogen) atoms. The number of oxazole rings is 1. The van der Waals surface area contributed by atoms with Gasteiger partial charge >= 0.3 is 0 Å². The third kappa shape index (κ3) is 1.62. The molecule has 1 heterocycles. The maximum Gasteiger partial charge on any atom is 0.235 e. The van der Waals surface area contributed by atoms with Gasteiger partial charge in [0.15, 0.2) is 0 Å². The summed E-state index contributed by atoms with van der Waals surface area (Å²) < 4.78 is 5.39. The summed E-state index contributed by atoms with van der Waals surface area (Å²) in [6, 6.07) is 0. The Balaban J connectivity index is 2.13. The Labute approximate surface area is 86.6 Å². The summed E-state index contributed by atoms with van der Waals surface area (Å²) in [4.78, 5) is 15.2. The lowest BCUT2D eigenvalue weighted by Crippen LogP contribution is -2.35. The number of amides is 1. The molecular formula is C9H11ClN2O2. The van der Waals surface area contributed by atoms with Crippen molar-refractivity contribution in [2.45, 2.75) is 25.3 Å². The van der Waals surface area contributed by atoms with E-state index in [9.17, 15) is 4.79 Å².